The van der Waals surface area contributed by atoms with E-state index in [1.807, 2.05) is 0 Å². The van der Waals surface area contributed by atoms with Gasteiger partial charge in [-0.25, -0.2) is 0 Å². The summed E-state index contributed by atoms with van der Waals surface area (Å²) in [5.74, 6) is -6.25. The molecule has 0 saturated carbocycles. The average Bonchev–Trinajstić information content (AvgIpc) is 2.34. The molecule has 2 atom stereocenters. The van der Waals surface area contributed by atoms with E-state index in [1.165, 1.54) is 13.8 Å². The van der Waals surface area contributed by atoms with Crippen LogP contribution in [0.1, 0.15) is 13.8 Å². The molecule has 96 valence electrons. The normalized spacial score (nSPS) is 13.2. The summed E-state index contributed by atoms with van der Waals surface area (Å²) in [4.78, 5) is 44.5. The van der Waals surface area contributed by atoms with Crippen LogP contribution in [-0.2, 0) is 33.4 Å². The van der Waals surface area contributed by atoms with Gasteiger partial charge >= 0.3 is 23.9 Å². The fraction of sp³-hybridized carbons (Fsp3) is 0.600. The molecular weight excluding hydrogens is 232 g/mol. The number of hydrogen-bond donors (Lipinski definition) is 0. The molecule has 0 heterocycles. The van der Waals surface area contributed by atoms with Crippen molar-refractivity contribution in [3.63, 3.8) is 0 Å². The monoisotopic (exact) mass is 246 g/mol. The first-order valence-electron chi connectivity index (χ1n) is 4.76. The molecule has 0 aliphatic rings. The van der Waals surface area contributed by atoms with E-state index in [1.54, 1.807) is 0 Å². The van der Waals surface area contributed by atoms with Crippen molar-refractivity contribution in [1.82, 2.24) is 0 Å². The van der Waals surface area contributed by atoms with Gasteiger partial charge in [0.1, 0.15) is 0 Å². The highest BCUT2D eigenvalue weighted by molar-refractivity contribution is 6.03. The average molecular weight is 246 g/mol. The summed E-state index contributed by atoms with van der Waals surface area (Å²) >= 11 is 0. The van der Waals surface area contributed by atoms with Crippen LogP contribution in [0.2, 0.25) is 0 Å². The van der Waals surface area contributed by atoms with E-state index in [9.17, 15) is 19.2 Å². The van der Waals surface area contributed by atoms with Gasteiger partial charge in [0.05, 0.1) is 14.2 Å². The van der Waals surface area contributed by atoms with Crippen molar-refractivity contribution in [2.75, 3.05) is 14.2 Å². The van der Waals surface area contributed by atoms with Crippen molar-refractivity contribution in [1.29, 1.82) is 0 Å². The van der Waals surface area contributed by atoms with Gasteiger partial charge in [0.25, 0.3) is 0 Å². The van der Waals surface area contributed by atoms with Crippen LogP contribution in [0.4, 0.5) is 0 Å². The van der Waals surface area contributed by atoms with Crippen LogP contribution in [0.15, 0.2) is 0 Å². The van der Waals surface area contributed by atoms with E-state index in [-0.39, 0.29) is 0 Å². The zero-order valence-corrected chi connectivity index (χ0v) is 10.0. The third-order valence-corrected chi connectivity index (χ3v) is 2.02. The van der Waals surface area contributed by atoms with Crippen LogP contribution in [-0.4, -0.2) is 38.1 Å². The highest BCUT2D eigenvalue weighted by Gasteiger charge is 2.30. The van der Waals surface area contributed by atoms with Gasteiger partial charge in [-0.2, -0.15) is 0 Å². The molecular formula is C10H14O7. The number of ether oxygens (including phenoxy) is 3. The van der Waals surface area contributed by atoms with Crippen LogP contribution >= 0.6 is 0 Å². The SMILES string of the molecule is COC(=O)C(C)C(=O)OC(=O)C(C)C(=O)OC. The predicted molar refractivity (Wildman–Crippen MR) is 53.5 cm³/mol. The maximum absolute atomic E-state index is 11.3. The van der Waals surface area contributed by atoms with Gasteiger partial charge in [0.2, 0.25) is 0 Å². The van der Waals surface area contributed by atoms with Crippen molar-refractivity contribution in [2.45, 2.75) is 13.8 Å². The third kappa shape index (κ3) is 4.21. The Labute approximate surface area is 98.0 Å². The topological polar surface area (TPSA) is 96.0 Å². The molecule has 0 radical (unpaired) electrons. The lowest BCUT2D eigenvalue weighted by Crippen LogP contribution is -2.31. The standard InChI is InChI=1S/C10H14O7/c1-5(7(11)15-3)9(13)17-10(14)6(2)8(12)16-4/h5-6H,1-4H3. The lowest BCUT2D eigenvalue weighted by atomic mass is 10.1. The number of carbonyl (C=O) groups is 4. The van der Waals surface area contributed by atoms with Gasteiger partial charge in [-0.05, 0) is 13.8 Å². The van der Waals surface area contributed by atoms with Crippen molar-refractivity contribution < 1.29 is 33.4 Å². The van der Waals surface area contributed by atoms with Gasteiger partial charge in [0.15, 0.2) is 11.8 Å². The zero-order chi connectivity index (χ0) is 13.6. The molecule has 0 spiro atoms. The molecule has 0 amide bonds. The van der Waals surface area contributed by atoms with Gasteiger partial charge in [0, 0.05) is 0 Å². The molecule has 7 nitrogen and oxygen atoms in total. The molecule has 0 aromatic heterocycles. The summed E-state index contributed by atoms with van der Waals surface area (Å²) in [6, 6.07) is 0. The van der Waals surface area contributed by atoms with Crippen molar-refractivity contribution in [2.24, 2.45) is 11.8 Å². The van der Waals surface area contributed by atoms with Gasteiger partial charge in [-0.3, -0.25) is 19.2 Å². The molecule has 0 fully saturated rings. The first kappa shape index (κ1) is 15.1. The van der Waals surface area contributed by atoms with Crippen molar-refractivity contribution >= 4 is 23.9 Å². The van der Waals surface area contributed by atoms with E-state index in [0.29, 0.717) is 0 Å². The summed E-state index contributed by atoms with van der Waals surface area (Å²) in [5, 5.41) is 0. The Balaban J connectivity index is 4.44. The van der Waals surface area contributed by atoms with Gasteiger partial charge in [-0.15, -0.1) is 0 Å². The summed E-state index contributed by atoms with van der Waals surface area (Å²) in [5.41, 5.74) is 0. The zero-order valence-electron chi connectivity index (χ0n) is 10.0. The number of esters is 4. The maximum Gasteiger partial charge on any atom is 0.327 e. The number of carbonyl (C=O) groups excluding carboxylic acids is 4. The summed E-state index contributed by atoms with van der Waals surface area (Å²) in [7, 11) is 2.20. The van der Waals surface area contributed by atoms with Crippen molar-refractivity contribution in [3.05, 3.63) is 0 Å². The molecule has 0 aliphatic carbocycles. The Kier molecular flexibility index (Phi) is 5.87. The Hall–Kier alpha value is -1.92. The number of methoxy groups -OCH3 is 2. The fourth-order valence-corrected chi connectivity index (χ4v) is 0.822. The highest BCUT2D eigenvalue weighted by Crippen LogP contribution is 2.06. The van der Waals surface area contributed by atoms with E-state index >= 15 is 0 Å². The smallest absolute Gasteiger partial charge is 0.327 e. The summed E-state index contributed by atoms with van der Waals surface area (Å²) < 4.78 is 12.9. The molecule has 0 saturated heterocycles. The second kappa shape index (κ2) is 6.62. The molecule has 0 aliphatic heterocycles. The van der Waals surface area contributed by atoms with E-state index in [4.69, 9.17) is 0 Å². The lowest BCUT2D eigenvalue weighted by molar-refractivity contribution is -0.171. The van der Waals surface area contributed by atoms with Crippen LogP contribution in [0.5, 0.6) is 0 Å². The van der Waals surface area contributed by atoms with E-state index in [2.05, 4.69) is 14.2 Å². The second-order valence-electron chi connectivity index (χ2n) is 3.23. The molecule has 0 aromatic rings. The molecule has 0 N–H and O–H groups in total. The first-order valence-corrected chi connectivity index (χ1v) is 4.76. The minimum Gasteiger partial charge on any atom is -0.468 e. The minimum absolute atomic E-state index is 0.825. The Morgan fingerprint density at radius 3 is 1.24 bits per heavy atom. The highest BCUT2D eigenvalue weighted by atomic mass is 16.6. The largest absolute Gasteiger partial charge is 0.468 e. The predicted octanol–water partition coefficient (Wildman–Crippen LogP) is -0.326. The van der Waals surface area contributed by atoms with Gasteiger partial charge < -0.3 is 14.2 Å². The summed E-state index contributed by atoms with van der Waals surface area (Å²) in [6.45, 7) is 2.45. The number of hydrogen-bond acceptors (Lipinski definition) is 7. The molecule has 17 heavy (non-hydrogen) atoms. The molecule has 0 rings (SSSR count). The maximum atomic E-state index is 11.3. The van der Waals surface area contributed by atoms with E-state index < -0.39 is 35.7 Å². The third-order valence-electron chi connectivity index (χ3n) is 2.02. The van der Waals surface area contributed by atoms with Crippen LogP contribution in [0, 0.1) is 11.8 Å². The quantitative estimate of drug-likeness (QED) is 0.381. The Morgan fingerprint density at radius 2 is 1.00 bits per heavy atom. The van der Waals surface area contributed by atoms with Crippen LogP contribution in [0.25, 0.3) is 0 Å². The Bertz CT molecular complexity index is 302. The second-order valence-corrected chi connectivity index (χ2v) is 3.23. The first-order chi connectivity index (χ1) is 7.84. The number of rotatable bonds is 4. The minimum atomic E-state index is -1.23. The summed E-state index contributed by atoms with van der Waals surface area (Å²) in [6.07, 6.45) is 0. The molecule has 2 unspecified atom stereocenters. The van der Waals surface area contributed by atoms with Crippen LogP contribution < -0.4 is 0 Å². The fourth-order valence-electron chi connectivity index (χ4n) is 0.822. The van der Waals surface area contributed by atoms with Gasteiger partial charge in [-0.1, -0.05) is 0 Å². The molecule has 7 heteroatoms. The van der Waals surface area contributed by atoms with Crippen molar-refractivity contribution in [3.8, 4) is 0 Å². The van der Waals surface area contributed by atoms with E-state index in [0.717, 1.165) is 14.2 Å². The van der Waals surface area contributed by atoms with Crippen LogP contribution in [0.3, 0.4) is 0 Å². The Morgan fingerprint density at radius 1 is 0.706 bits per heavy atom. The lowest BCUT2D eigenvalue weighted by Gasteiger charge is -2.10. The molecule has 0 aromatic carbocycles. The molecule has 0 bridgehead atoms.